The van der Waals surface area contributed by atoms with Crippen LogP contribution >= 0.6 is 0 Å². The lowest BCUT2D eigenvalue weighted by Gasteiger charge is -2.27. The van der Waals surface area contributed by atoms with Gasteiger partial charge in [0.25, 0.3) is 12.5 Å². The third-order valence-electron chi connectivity index (χ3n) is 3.65. The van der Waals surface area contributed by atoms with Crippen LogP contribution in [0.1, 0.15) is 25.0 Å². The van der Waals surface area contributed by atoms with Crippen LogP contribution in [-0.4, -0.2) is 35.8 Å². The predicted molar refractivity (Wildman–Crippen MR) is 97.1 cm³/mol. The van der Waals surface area contributed by atoms with Crippen molar-refractivity contribution in [3.8, 4) is 0 Å². The fourth-order valence-corrected chi connectivity index (χ4v) is 2.63. The zero-order valence-corrected chi connectivity index (χ0v) is 14.5. The molecule has 26 heavy (non-hydrogen) atoms. The van der Waals surface area contributed by atoms with E-state index in [0.29, 0.717) is 11.4 Å². The van der Waals surface area contributed by atoms with E-state index in [1.54, 1.807) is 0 Å². The predicted octanol–water partition coefficient (Wildman–Crippen LogP) is 2.76. The standard InChI is InChI=1S/C20H18N2O4/c1-13(23)25-19-20(26-14(2)24)22-18(16-11-7-4-8-12-16)17(21-19)15-9-5-3-6-10-15/h3-12,19-20H,1-2H3. The first-order valence-electron chi connectivity index (χ1n) is 8.16. The maximum absolute atomic E-state index is 11.5. The van der Waals surface area contributed by atoms with Gasteiger partial charge in [0.1, 0.15) is 0 Å². The van der Waals surface area contributed by atoms with Crippen LogP contribution in [0.5, 0.6) is 0 Å². The van der Waals surface area contributed by atoms with Crippen LogP contribution in [-0.2, 0) is 19.1 Å². The average Bonchev–Trinajstić information content (AvgIpc) is 2.63. The molecule has 0 radical (unpaired) electrons. The quantitative estimate of drug-likeness (QED) is 0.795. The molecule has 0 amide bonds. The minimum absolute atomic E-state index is 0.526. The molecular formula is C20H18N2O4. The molecule has 2 aromatic rings. The van der Waals surface area contributed by atoms with Gasteiger partial charge in [0.2, 0.25) is 0 Å². The molecule has 0 fully saturated rings. The summed E-state index contributed by atoms with van der Waals surface area (Å²) in [5.74, 6) is -1.05. The molecule has 0 aliphatic carbocycles. The monoisotopic (exact) mass is 350 g/mol. The Hall–Kier alpha value is -3.28. The van der Waals surface area contributed by atoms with Gasteiger partial charge in [0, 0.05) is 25.0 Å². The van der Waals surface area contributed by atoms with E-state index in [1.165, 1.54) is 13.8 Å². The third-order valence-corrected chi connectivity index (χ3v) is 3.65. The van der Waals surface area contributed by atoms with E-state index < -0.39 is 24.4 Å². The van der Waals surface area contributed by atoms with Crippen LogP contribution in [0.25, 0.3) is 0 Å². The Bertz CT molecular complexity index is 786. The second-order valence-electron chi connectivity index (χ2n) is 5.69. The molecule has 132 valence electrons. The van der Waals surface area contributed by atoms with Crippen molar-refractivity contribution in [2.75, 3.05) is 0 Å². The van der Waals surface area contributed by atoms with E-state index in [0.717, 1.165) is 11.1 Å². The van der Waals surface area contributed by atoms with Crippen LogP contribution in [0.2, 0.25) is 0 Å². The summed E-state index contributed by atoms with van der Waals surface area (Å²) in [6, 6.07) is 18.9. The molecule has 0 saturated carbocycles. The average molecular weight is 350 g/mol. The van der Waals surface area contributed by atoms with Crippen molar-refractivity contribution in [1.29, 1.82) is 0 Å². The van der Waals surface area contributed by atoms with Crippen LogP contribution in [0, 0.1) is 0 Å². The highest BCUT2D eigenvalue weighted by atomic mass is 16.6. The lowest BCUT2D eigenvalue weighted by Crippen LogP contribution is -2.39. The summed E-state index contributed by atoms with van der Waals surface area (Å²) in [6.45, 7) is 2.55. The summed E-state index contributed by atoms with van der Waals surface area (Å²) >= 11 is 0. The zero-order chi connectivity index (χ0) is 18.5. The maximum Gasteiger partial charge on any atom is 0.304 e. The second-order valence-corrected chi connectivity index (χ2v) is 5.69. The van der Waals surface area contributed by atoms with Crippen molar-refractivity contribution in [3.63, 3.8) is 0 Å². The Morgan fingerprint density at radius 3 is 1.35 bits per heavy atom. The van der Waals surface area contributed by atoms with Gasteiger partial charge in [-0.15, -0.1) is 0 Å². The fraction of sp³-hybridized carbons (Fsp3) is 0.200. The van der Waals surface area contributed by atoms with E-state index >= 15 is 0 Å². The molecule has 2 atom stereocenters. The first-order valence-corrected chi connectivity index (χ1v) is 8.16. The highest BCUT2D eigenvalue weighted by Gasteiger charge is 2.33. The Morgan fingerprint density at radius 2 is 1.04 bits per heavy atom. The first-order chi connectivity index (χ1) is 12.5. The van der Waals surface area contributed by atoms with Crippen molar-refractivity contribution in [1.82, 2.24) is 0 Å². The van der Waals surface area contributed by atoms with Gasteiger partial charge in [-0.3, -0.25) is 9.59 Å². The number of aliphatic imine (C=N–C) groups is 2. The maximum atomic E-state index is 11.5. The van der Waals surface area contributed by atoms with Crippen molar-refractivity contribution in [2.45, 2.75) is 26.3 Å². The topological polar surface area (TPSA) is 77.3 Å². The van der Waals surface area contributed by atoms with Crippen LogP contribution in [0.3, 0.4) is 0 Å². The van der Waals surface area contributed by atoms with Crippen molar-refractivity contribution in [3.05, 3.63) is 71.8 Å². The van der Waals surface area contributed by atoms with Gasteiger partial charge in [-0.1, -0.05) is 60.7 Å². The van der Waals surface area contributed by atoms with Gasteiger partial charge in [-0.05, 0) is 0 Å². The molecule has 2 aromatic carbocycles. The van der Waals surface area contributed by atoms with E-state index in [1.807, 2.05) is 60.7 Å². The van der Waals surface area contributed by atoms with Gasteiger partial charge in [-0.2, -0.15) is 0 Å². The van der Waals surface area contributed by atoms with Gasteiger partial charge in [0.05, 0.1) is 11.4 Å². The zero-order valence-electron chi connectivity index (χ0n) is 14.5. The summed E-state index contributed by atoms with van der Waals surface area (Å²) < 4.78 is 10.5. The van der Waals surface area contributed by atoms with Crippen LogP contribution in [0.4, 0.5) is 0 Å². The highest BCUT2D eigenvalue weighted by molar-refractivity contribution is 6.53. The molecule has 1 aliphatic rings. The molecule has 1 heterocycles. The third kappa shape index (κ3) is 4.03. The first kappa shape index (κ1) is 17.5. The molecule has 1 aliphatic heterocycles. The number of ether oxygens (including phenoxy) is 2. The smallest absolute Gasteiger partial charge is 0.304 e. The molecular weight excluding hydrogens is 332 g/mol. The van der Waals surface area contributed by atoms with Crippen molar-refractivity contribution >= 4 is 23.4 Å². The number of carbonyl (C=O) groups is 2. The number of benzene rings is 2. The van der Waals surface area contributed by atoms with Gasteiger partial charge >= 0.3 is 11.9 Å². The summed E-state index contributed by atoms with van der Waals surface area (Å²) in [5.41, 5.74) is 2.81. The normalized spacial score (nSPS) is 19.2. The number of esters is 2. The summed E-state index contributed by atoms with van der Waals surface area (Å²) in [5, 5.41) is 0. The second kappa shape index (κ2) is 7.74. The van der Waals surface area contributed by atoms with Crippen molar-refractivity contribution in [2.24, 2.45) is 9.98 Å². The minimum atomic E-state index is -1.03. The molecule has 0 N–H and O–H groups in total. The summed E-state index contributed by atoms with van der Waals surface area (Å²) in [4.78, 5) is 32.0. The van der Waals surface area contributed by atoms with E-state index in [4.69, 9.17) is 9.47 Å². The van der Waals surface area contributed by atoms with E-state index in [-0.39, 0.29) is 0 Å². The Balaban J connectivity index is 2.10. The fourth-order valence-electron chi connectivity index (χ4n) is 2.63. The van der Waals surface area contributed by atoms with Crippen LogP contribution < -0.4 is 0 Å². The largest absolute Gasteiger partial charge is 0.434 e. The lowest BCUT2D eigenvalue weighted by molar-refractivity contribution is -0.164. The van der Waals surface area contributed by atoms with Crippen molar-refractivity contribution < 1.29 is 19.1 Å². The minimum Gasteiger partial charge on any atom is -0.434 e. The Kier molecular flexibility index (Phi) is 5.22. The molecule has 6 heteroatoms. The summed E-state index contributed by atoms with van der Waals surface area (Å²) in [6.07, 6.45) is -2.06. The molecule has 0 spiro atoms. The highest BCUT2D eigenvalue weighted by Crippen LogP contribution is 2.21. The molecule has 0 saturated heterocycles. The van der Waals surface area contributed by atoms with Crippen LogP contribution in [0.15, 0.2) is 70.6 Å². The molecule has 2 unspecified atom stereocenters. The number of hydrogen-bond acceptors (Lipinski definition) is 6. The van der Waals surface area contributed by atoms with Gasteiger partial charge in [0.15, 0.2) is 0 Å². The SMILES string of the molecule is CC(=O)OC1N=C(c2ccccc2)C(c2ccccc2)=NC1OC(C)=O. The van der Waals surface area contributed by atoms with E-state index in [9.17, 15) is 9.59 Å². The number of carbonyl (C=O) groups excluding carboxylic acids is 2. The van der Waals surface area contributed by atoms with E-state index in [2.05, 4.69) is 9.98 Å². The number of hydrogen-bond donors (Lipinski definition) is 0. The molecule has 0 aromatic heterocycles. The molecule has 3 rings (SSSR count). The Morgan fingerprint density at radius 1 is 0.692 bits per heavy atom. The van der Waals surface area contributed by atoms with Gasteiger partial charge in [-0.25, -0.2) is 9.98 Å². The molecule has 6 nitrogen and oxygen atoms in total. The number of nitrogens with zero attached hydrogens (tertiary/aromatic N) is 2. The Labute approximate surface area is 151 Å². The molecule has 0 bridgehead atoms. The summed E-state index contributed by atoms with van der Waals surface area (Å²) in [7, 11) is 0. The number of rotatable bonds is 4. The van der Waals surface area contributed by atoms with Gasteiger partial charge < -0.3 is 9.47 Å². The lowest BCUT2D eigenvalue weighted by atomic mass is 9.98.